The lowest BCUT2D eigenvalue weighted by Gasteiger charge is -2.06. The molecule has 3 aromatic rings. The average Bonchev–Trinajstić information content (AvgIpc) is 2.85. The monoisotopic (exact) mass is 446 g/mol. The van der Waals surface area contributed by atoms with Gasteiger partial charge in [0.2, 0.25) is 0 Å². The van der Waals surface area contributed by atoms with Crippen LogP contribution >= 0.6 is 0 Å². The number of rotatable bonds is 4. The second kappa shape index (κ2) is 11.2. The molecule has 0 aliphatic rings. The molecule has 0 aliphatic heterocycles. The summed E-state index contributed by atoms with van der Waals surface area (Å²) >= 11 is 0. The number of esters is 2. The molecule has 0 fully saturated rings. The van der Waals surface area contributed by atoms with Crippen LogP contribution in [0.2, 0.25) is 0 Å². The fraction of sp³-hybridized carbons (Fsp3) is 0.0667. The first-order chi connectivity index (χ1) is 16.3. The minimum absolute atomic E-state index is 0.305. The first-order valence-corrected chi connectivity index (χ1v) is 10.4. The van der Waals surface area contributed by atoms with Gasteiger partial charge in [0.25, 0.3) is 0 Å². The molecule has 0 aromatic heterocycles. The zero-order chi connectivity index (χ0) is 24.5. The van der Waals surface area contributed by atoms with Crippen LogP contribution in [-0.2, 0) is 19.1 Å². The lowest BCUT2D eigenvalue weighted by atomic mass is 9.99. The molecular weight excluding hydrogens is 424 g/mol. The molecule has 34 heavy (non-hydrogen) atoms. The SMILES string of the molecule is C=C(C)C(=O)OC#Cc1ccc(-c2ccc(-c3ccc(C#COC(=O)C(=C)C)cc3)cc2)cc1. The maximum absolute atomic E-state index is 11.4. The molecule has 0 radical (unpaired) electrons. The minimum atomic E-state index is -0.532. The van der Waals surface area contributed by atoms with Gasteiger partial charge in [0.05, 0.1) is 0 Å². The molecule has 0 heterocycles. The summed E-state index contributed by atoms with van der Waals surface area (Å²) in [4.78, 5) is 22.7. The molecule has 0 saturated heterocycles. The summed E-state index contributed by atoms with van der Waals surface area (Å²) in [7, 11) is 0. The molecule has 4 nitrogen and oxygen atoms in total. The lowest BCUT2D eigenvalue weighted by molar-refractivity contribution is -0.133. The normalized spacial score (nSPS) is 9.47. The predicted octanol–water partition coefficient (Wildman–Crippen LogP) is 5.88. The van der Waals surface area contributed by atoms with Crippen LogP contribution in [0.4, 0.5) is 0 Å². The molecule has 0 atom stereocenters. The van der Waals surface area contributed by atoms with E-state index in [9.17, 15) is 9.59 Å². The van der Waals surface area contributed by atoms with E-state index in [2.05, 4.69) is 61.5 Å². The van der Waals surface area contributed by atoms with Gasteiger partial charge in [-0.05, 0) is 72.2 Å². The first kappa shape index (κ1) is 23.9. The Balaban J connectivity index is 1.65. The van der Waals surface area contributed by atoms with E-state index in [-0.39, 0.29) is 0 Å². The molecule has 3 aromatic carbocycles. The Bertz CT molecular complexity index is 1240. The van der Waals surface area contributed by atoms with Crippen molar-refractivity contribution in [3.8, 4) is 46.3 Å². The molecule has 0 saturated carbocycles. The number of benzene rings is 3. The summed E-state index contributed by atoms with van der Waals surface area (Å²) in [6, 6.07) is 23.6. The standard InChI is InChI=1S/C30H22O4/c1-21(2)29(31)33-19-17-23-5-9-25(10-6-23)27-13-15-28(16-14-27)26-11-7-24(8-12-26)18-20-34-30(32)22(3)4/h5-16H,1,3H2,2,4H3. The van der Waals surface area contributed by atoms with Crippen molar-refractivity contribution in [2.75, 3.05) is 0 Å². The lowest BCUT2D eigenvalue weighted by Crippen LogP contribution is -1.99. The Kier molecular flexibility index (Phi) is 7.84. The molecule has 166 valence electrons. The van der Waals surface area contributed by atoms with Crippen molar-refractivity contribution < 1.29 is 19.1 Å². The van der Waals surface area contributed by atoms with Crippen LogP contribution in [0.3, 0.4) is 0 Å². The van der Waals surface area contributed by atoms with Gasteiger partial charge in [0, 0.05) is 22.3 Å². The van der Waals surface area contributed by atoms with E-state index in [1.807, 2.05) is 48.5 Å². The van der Waals surface area contributed by atoms with Gasteiger partial charge < -0.3 is 9.47 Å². The zero-order valence-corrected chi connectivity index (χ0v) is 19.0. The number of carbonyl (C=O) groups is 2. The highest BCUT2D eigenvalue weighted by Gasteiger charge is 2.03. The van der Waals surface area contributed by atoms with Crippen molar-refractivity contribution in [1.82, 2.24) is 0 Å². The first-order valence-electron chi connectivity index (χ1n) is 10.4. The molecule has 0 unspecified atom stereocenters. The van der Waals surface area contributed by atoms with Crippen LogP contribution in [0.15, 0.2) is 97.1 Å². The van der Waals surface area contributed by atoms with E-state index in [1.165, 1.54) is 0 Å². The highest BCUT2D eigenvalue weighted by Crippen LogP contribution is 2.25. The summed E-state index contributed by atoms with van der Waals surface area (Å²) in [5.41, 5.74) is 6.33. The van der Waals surface area contributed by atoms with Crippen LogP contribution in [0, 0.1) is 24.1 Å². The summed E-state index contributed by atoms with van der Waals surface area (Å²) in [6.07, 6.45) is 4.80. The van der Waals surface area contributed by atoms with E-state index in [4.69, 9.17) is 9.47 Å². The van der Waals surface area contributed by atoms with Crippen LogP contribution in [0.25, 0.3) is 22.3 Å². The van der Waals surface area contributed by atoms with Gasteiger partial charge in [-0.15, -0.1) is 0 Å². The maximum atomic E-state index is 11.4. The number of ether oxygens (including phenoxy) is 2. The third-order valence-corrected chi connectivity index (χ3v) is 4.70. The molecule has 0 spiro atoms. The summed E-state index contributed by atoms with van der Waals surface area (Å²) in [6.45, 7) is 10.2. The Hall–Kier alpha value is -4.80. The Morgan fingerprint density at radius 2 is 0.824 bits per heavy atom. The Morgan fingerprint density at radius 1 is 0.559 bits per heavy atom. The molecule has 0 amide bonds. The van der Waals surface area contributed by atoms with Crippen LogP contribution in [0.1, 0.15) is 25.0 Å². The molecule has 3 rings (SSSR count). The van der Waals surface area contributed by atoms with Gasteiger partial charge in [-0.2, -0.15) is 0 Å². The van der Waals surface area contributed by atoms with E-state index in [0.717, 1.165) is 33.4 Å². The fourth-order valence-corrected chi connectivity index (χ4v) is 2.78. The smallest absolute Gasteiger partial charge is 0.347 e. The third kappa shape index (κ3) is 6.60. The number of hydrogen-bond donors (Lipinski definition) is 0. The van der Waals surface area contributed by atoms with Crippen molar-refractivity contribution in [1.29, 1.82) is 0 Å². The Labute approximate surface area is 199 Å². The van der Waals surface area contributed by atoms with Crippen LogP contribution in [0.5, 0.6) is 0 Å². The van der Waals surface area contributed by atoms with Gasteiger partial charge in [-0.3, -0.25) is 0 Å². The Morgan fingerprint density at radius 3 is 1.09 bits per heavy atom. The average molecular weight is 447 g/mol. The quantitative estimate of drug-likeness (QED) is 0.285. The fourth-order valence-electron chi connectivity index (χ4n) is 2.78. The highest BCUT2D eigenvalue weighted by molar-refractivity contribution is 5.88. The van der Waals surface area contributed by atoms with E-state index < -0.39 is 11.9 Å². The predicted molar refractivity (Wildman–Crippen MR) is 133 cm³/mol. The van der Waals surface area contributed by atoms with Gasteiger partial charge in [0.1, 0.15) is 12.2 Å². The zero-order valence-electron chi connectivity index (χ0n) is 19.0. The molecular formula is C30H22O4. The van der Waals surface area contributed by atoms with Crippen molar-refractivity contribution in [2.24, 2.45) is 0 Å². The third-order valence-electron chi connectivity index (χ3n) is 4.70. The van der Waals surface area contributed by atoms with Gasteiger partial charge in [0.15, 0.2) is 0 Å². The largest absolute Gasteiger partial charge is 0.368 e. The molecule has 0 N–H and O–H groups in total. The maximum Gasteiger partial charge on any atom is 0.347 e. The molecule has 0 bridgehead atoms. The second-order valence-corrected chi connectivity index (χ2v) is 7.53. The summed E-state index contributed by atoms with van der Waals surface area (Å²) < 4.78 is 9.58. The highest BCUT2D eigenvalue weighted by atomic mass is 16.5. The van der Waals surface area contributed by atoms with Gasteiger partial charge in [-0.1, -0.05) is 61.7 Å². The second-order valence-electron chi connectivity index (χ2n) is 7.53. The van der Waals surface area contributed by atoms with Crippen molar-refractivity contribution in [3.63, 3.8) is 0 Å². The number of carbonyl (C=O) groups excluding carboxylic acids is 2. The van der Waals surface area contributed by atoms with Crippen LogP contribution in [-0.4, -0.2) is 11.9 Å². The van der Waals surface area contributed by atoms with Crippen molar-refractivity contribution >= 4 is 11.9 Å². The summed E-state index contributed by atoms with van der Waals surface area (Å²) in [5, 5.41) is 0. The minimum Gasteiger partial charge on any atom is -0.368 e. The van der Waals surface area contributed by atoms with E-state index >= 15 is 0 Å². The molecule has 4 heteroatoms. The molecule has 0 aliphatic carbocycles. The van der Waals surface area contributed by atoms with Crippen molar-refractivity contribution in [3.05, 3.63) is 108 Å². The van der Waals surface area contributed by atoms with Crippen molar-refractivity contribution in [2.45, 2.75) is 13.8 Å². The van der Waals surface area contributed by atoms with E-state index in [1.54, 1.807) is 13.8 Å². The van der Waals surface area contributed by atoms with E-state index in [0.29, 0.717) is 11.1 Å². The van der Waals surface area contributed by atoms with Gasteiger partial charge in [-0.25, -0.2) is 9.59 Å². The topological polar surface area (TPSA) is 52.6 Å². The van der Waals surface area contributed by atoms with Crippen LogP contribution < -0.4 is 0 Å². The van der Waals surface area contributed by atoms with Gasteiger partial charge >= 0.3 is 11.9 Å². The summed E-state index contributed by atoms with van der Waals surface area (Å²) in [5.74, 6) is 4.53. The number of hydrogen-bond acceptors (Lipinski definition) is 4.